The molecule has 0 unspecified atom stereocenters. The van der Waals surface area contributed by atoms with E-state index in [0.717, 1.165) is 11.3 Å². The molecule has 0 aliphatic carbocycles. The van der Waals surface area contributed by atoms with Gasteiger partial charge in [0.2, 0.25) is 11.8 Å². The Bertz CT molecular complexity index is 574. The summed E-state index contributed by atoms with van der Waals surface area (Å²) in [6.45, 7) is 5.33. The molecule has 1 aliphatic heterocycles. The zero-order chi connectivity index (χ0) is 16.8. The summed E-state index contributed by atoms with van der Waals surface area (Å²) < 4.78 is 10.6. The van der Waals surface area contributed by atoms with Crippen LogP contribution in [-0.2, 0) is 14.3 Å². The fourth-order valence-electron chi connectivity index (χ4n) is 2.52. The van der Waals surface area contributed by atoms with Crippen LogP contribution in [0.5, 0.6) is 5.75 Å². The highest BCUT2D eigenvalue weighted by Crippen LogP contribution is 2.34. The highest BCUT2D eigenvalue weighted by Gasteiger charge is 2.27. The maximum Gasteiger partial charge on any atom is 0.227 e. The van der Waals surface area contributed by atoms with Crippen LogP contribution in [0.25, 0.3) is 0 Å². The Hall–Kier alpha value is -2.08. The van der Waals surface area contributed by atoms with Crippen LogP contribution in [0.4, 0.5) is 5.69 Å². The van der Waals surface area contributed by atoms with Crippen LogP contribution in [0, 0.1) is 6.92 Å². The van der Waals surface area contributed by atoms with Crippen molar-refractivity contribution < 1.29 is 19.1 Å². The second kappa shape index (κ2) is 7.97. The summed E-state index contributed by atoms with van der Waals surface area (Å²) >= 11 is 0. The van der Waals surface area contributed by atoms with Crippen LogP contribution in [0.3, 0.4) is 0 Å². The molecule has 2 rings (SSSR count). The molecule has 1 aromatic carbocycles. The van der Waals surface area contributed by atoms with Crippen LogP contribution in [-0.4, -0.2) is 44.7 Å². The first-order chi connectivity index (χ1) is 11.0. The van der Waals surface area contributed by atoms with Crippen molar-refractivity contribution in [3.63, 3.8) is 0 Å². The Morgan fingerprint density at radius 2 is 2.17 bits per heavy atom. The first kappa shape index (κ1) is 17.3. The number of fused-ring (bicyclic) bond motifs is 1. The minimum absolute atomic E-state index is 0.0612. The first-order valence-electron chi connectivity index (χ1n) is 7.84. The van der Waals surface area contributed by atoms with Crippen LogP contribution in [0.15, 0.2) is 18.2 Å². The Morgan fingerprint density at radius 3 is 2.91 bits per heavy atom. The lowest BCUT2D eigenvalue weighted by Crippen LogP contribution is -2.42. The summed E-state index contributed by atoms with van der Waals surface area (Å²) in [5.74, 6) is 0.516. The lowest BCUT2D eigenvalue weighted by Gasteiger charge is -2.33. The second-order valence-electron chi connectivity index (χ2n) is 5.75. The number of carbonyl (C=O) groups excluding carboxylic acids is 2. The van der Waals surface area contributed by atoms with Crippen LogP contribution < -0.4 is 15.0 Å². The zero-order valence-electron chi connectivity index (χ0n) is 13.9. The van der Waals surface area contributed by atoms with Gasteiger partial charge in [0.05, 0.1) is 18.8 Å². The normalized spacial score (nSPS) is 16.5. The fraction of sp³-hybridized carbons (Fsp3) is 0.529. The number of rotatable bonds is 6. The third-order valence-corrected chi connectivity index (χ3v) is 3.67. The fourth-order valence-corrected chi connectivity index (χ4v) is 2.52. The molecule has 0 saturated heterocycles. The summed E-state index contributed by atoms with van der Waals surface area (Å²) in [5, 5.41) is 2.72. The molecule has 6 nitrogen and oxygen atoms in total. The van der Waals surface area contributed by atoms with E-state index in [4.69, 9.17) is 9.47 Å². The van der Waals surface area contributed by atoms with Gasteiger partial charge in [-0.3, -0.25) is 9.59 Å². The number of nitrogens with zero attached hydrogens (tertiary/aromatic N) is 1. The molecule has 0 aromatic heterocycles. The highest BCUT2D eigenvalue weighted by atomic mass is 16.5. The van der Waals surface area contributed by atoms with Gasteiger partial charge < -0.3 is 19.7 Å². The lowest BCUT2D eigenvalue weighted by molar-refractivity contribution is -0.125. The zero-order valence-corrected chi connectivity index (χ0v) is 13.9. The summed E-state index contributed by atoms with van der Waals surface area (Å²) in [4.78, 5) is 25.9. The van der Waals surface area contributed by atoms with Crippen molar-refractivity contribution in [1.82, 2.24) is 5.32 Å². The molecule has 0 spiro atoms. The van der Waals surface area contributed by atoms with Gasteiger partial charge in [-0.05, 0) is 31.5 Å². The largest absolute Gasteiger partial charge is 0.487 e. The van der Waals surface area contributed by atoms with Crippen molar-refractivity contribution in [1.29, 1.82) is 0 Å². The van der Waals surface area contributed by atoms with E-state index in [1.807, 2.05) is 32.0 Å². The Labute approximate surface area is 136 Å². The second-order valence-corrected chi connectivity index (χ2v) is 5.75. The van der Waals surface area contributed by atoms with E-state index >= 15 is 0 Å². The van der Waals surface area contributed by atoms with E-state index in [2.05, 4.69) is 5.32 Å². The summed E-state index contributed by atoms with van der Waals surface area (Å²) in [6, 6.07) is 5.79. The van der Waals surface area contributed by atoms with Crippen molar-refractivity contribution in [2.45, 2.75) is 32.8 Å². The number of carbonyl (C=O) groups is 2. The maximum atomic E-state index is 12.5. The average molecular weight is 320 g/mol. The topological polar surface area (TPSA) is 67.9 Å². The number of hydrogen-bond acceptors (Lipinski definition) is 4. The predicted molar refractivity (Wildman–Crippen MR) is 87.7 cm³/mol. The minimum Gasteiger partial charge on any atom is -0.487 e. The molecule has 1 aliphatic rings. The Morgan fingerprint density at radius 1 is 1.39 bits per heavy atom. The van der Waals surface area contributed by atoms with Crippen molar-refractivity contribution in [3.8, 4) is 5.75 Å². The number of anilines is 1. The van der Waals surface area contributed by atoms with Gasteiger partial charge in [-0.1, -0.05) is 6.07 Å². The third kappa shape index (κ3) is 4.69. The number of aryl methyl sites for hydroxylation is 1. The number of nitrogens with one attached hydrogen (secondary N) is 1. The third-order valence-electron chi connectivity index (χ3n) is 3.67. The van der Waals surface area contributed by atoms with Gasteiger partial charge in [-0.25, -0.2) is 0 Å². The molecule has 1 heterocycles. The van der Waals surface area contributed by atoms with E-state index in [0.29, 0.717) is 25.4 Å². The SMILES string of the molecule is COCCNC(=O)CCC(=O)N1C[C@H](C)Oc2ccc(C)cc21. The summed E-state index contributed by atoms with van der Waals surface area (Å²) in [7, 11) is 1.58. The van der Waals surface area contributed by atoms with Gasteiger partial charge in [-0.2, -0.15) is 0 Å². The molecular formula is C17H24N2O4. The lowest BCUT2D eigenvalue weighted by atomic mass is 10.1. The van der Waals surface area contributed by atoms with E-state index in [9.17, 15) is 9.59 Å². The summed E-state index contributed by atoms with van der Waals surface area (Å²) in [5.41, 5.74) is 1.85. The van der Waals surface area contributed by atoms with Gasteiger partial charge in [0, 0.05) is 26.5 Å². The maximum absolute atomic E-state index is 12.5. The van der Waals surface area contributed by atoms with Gasteiger partial charge in [0.15, 0.2) is 0 Å². The van der Waals surface area contributed by atoms with Gasteiger partial charge in [-0.15, -0.1) is 0 Å². The van der Waals surface area contributed by atoms with E-state index in [-0.39, 0.29) is 30.8 Å². The molecule has 0 bridgehead atoms. The number of benzene rings is 1. The first-order valence-corrected chi connectivity index (χ1v) is 7.84. The molecule has 0 fully saturated rings. The number of ether oxygens (including phenoxy) is 2. The van der Waals surface area contributed by atoms with Gasteiger partial charge >= 0.3 is 0 Å². The summed E-state index contributed by atoms with van der Waals surface area (Å²) in [6.07, 6.45) is 0.290. The number of amides is 2. The Balaban J connectivity index is 1.97. The molecule has 1 N–H and O–H groups in total. The van der Waals surface area contributed by atoms with Crippen LogP contribution in [0.2, 0.25) is 0 Å². The van der Waals surface area contributed by atoms with Crippen molar-refractivity contribution in [2.24, 2.45) is 0 Å². The predicted octanol–water partition coefficient (Wildman–Crippen LogP) is 1.65. The average Bonchev–Trinajstić information content (AvgIpc) is 2.52. The van der Waals surface area contributed by atoms with Crippen LogP contribution >= 0.6 is 0 Å². The molecule has 0 saturated carbocycles. The number of hydrogen-bond donors (Lipinski definition) is 1. The van der Waals surface area contributed by atoms with Gasteiger partial charge in [0.25, 0.3) is 0 Å². The molecule has 6 heteroatoms. The number of methoxy groups -OCH3 is 1. The van der Waals surface area contributed by atoms with Crippen LogP contribution in [0.1, 0.15) is 25.3 Å². The van der Waals surface area contributed by atoms with E-state index in [1.54, 1.807) is 12.0 Å². The molecule has 23 heavy (non-hydrogen) atoms. The minimum atomic E-state index is -0.138. The van der Waals surface area contributed by atoms with E-state index in [1.165, 1.54) is 0 Å². The Kier molecular flexibility index (Phi) is 5.98. The van der Waals surface area contributed by atoms with E-state index < -0.39 is 0 Å². The molecule has 2 amide bonds. The highest BCUT2D eigenvalue weighted by molar-refractivity contribution is 5.97. The van der Waals surface area contributed by atoms with Crippen molar-refractivity contribution >= 4 is 17.5 Å². The molecule has 1 atom stereocenters. The molecule has 1 aromatic rings. The monoisotopic (exact) mass is 320 g/mol. The quantitative estimate of drug-likeness (QED) is 0.809. The smallest absolute Gasteiger partial charge is 0.227 e. The van der Waals surface area contributed by atoms with Crippen molar-refractivity contribution in [3.05, 3.63) is 23.8 Å². The van der Waals surface area contributed by atoms with Gasteiger partial charge in [0.1, 0.15) is 11.9 Å². The van der Waals surface area contributed by atoms with Crippen molar-refractivity contribution in [2.75, 3.05) is 31.7 Å². The standard InChI is InChI=1S/C17H24N2O4/c1-12-4-5-15-14(10-12)19(11-13(2)23-15)17(21)7-6-16(20)18-8-9-22-3/h4-5,10,13H,6-9,11H2,1-3H3,(H,18,20)/t13-/m0/s1. The molecular weight excluding hydrogens is 296 g/mol. The molecule has 126 valence electrons. The molecule has 0 radical (unpaired) electrons.